The third kappa shape index (κ3) is 2.27. The molecule has 1 aromatic carbocycles. The summed E-state index contributed by atoms with van der Waals surface area (Å²) in [5, 5.41) is 0.683. The minimum absolute atomic E-state index is 0.00573. The summed E-state index contributed by atoms with van der Waals surface area (Å²) >= 11 is 0. The fraction of sp³-hybridized carbons (Fsp3) is 0.333. The maximum atomic E-state index is 10.7. The van der Waals surface area contributed by atoms with Gasteiger partial charge in [-0.1, -0.05) is 12.1 Å². The molecule has 0 aromatic heterocycles. The number of para-hydroxylation sites is 1. The molecule has 0 saturated carbocycles. The number of hydrogen-bond acceptors (Lipinski definition) is 3. The van der Waals surface area contributed by atoms with Crippen molar-refractivity contribution in [1.29, 1.82) is 0 Å². The molecule has 1 fully saturated rings. The summed E-state index contributed by atoms with van der Waals surface area (Å²) < 4.78 is 21.1. The molecule has 1 unspecified atom stereocenters. The van der Waals surface area contributed by atoms with Gasteiger partial charge in [-0.3, -0.25) is 4.57 Å². The highest BCUT2D eigenvalue weighted by Gasteiger charge is 2.23. The fourth-order valence-electron chi connectivity index (χ4n) is 1.00. The topological polar surface area (TPSA) is 38.8 Å². The summed E-state index contributed by atoms with van der Waals surface area (Å²) in [4.78, 5) is 0. The molecule has 2 rings (SSSR count). The molecule has 1 atom stereocenters. The van der Waals surface area contributed by atoms with Crippen LogP contribution >= 0.6 is 8.46 Å². The first kappa shape index (κ1) is 8.67. The molecule has 0 aliphatic carbocycles. The Hall–Kier alpha value is -0.920. The first-order chi connectivity index (χ1) is 6.40. The Morgan fingerprint density at radius 1 is 1.54 bits per heavy atom. The van der Waals surface area contributed by atoms with Gasteiger partial charge in [0.25, 0.3) is 0 Å². The Kier molecular flexibility index (Phi) is 2.57. The van der Waals surface area contributed by atoms with Gasteiger partial charge in [0.05, 0.1) is 11.9 Å². The Morgan fingerprint density at radius 3 is 3.00 bits per heavy atom. The molecule has 4 heteroatoms. The molecule has 1 saturated heterocycles. The average molecular weight is 196 g/mol. The summed E-state index contributed by atoms with van der Waals surface area (Å²) in [7, 11) is -0.00573. The highest BCUT2D eigenvalue weighted by molar-refractivity contribution is 7.34. The Morgan fingerprint density at radius 2 is 2.31 bits per heavy atom. The lowest BCUT2D eigenvalue weighted by molar-refractivity contribution is 0.264. The van der Waals surface area contributed by atoms with Crippen LogP contribution in [0.5, 0.6) is 5.75 Å². The first-order valence-electron chi connectivity index (χ1n) is 4.07. The van der Waals surface area contributed by atoms with E-state index in [-0.39, 0.29) is 14.6 Å². The number of epoxide rings is 1. The predicted octanol–water partition coefficient (Wildman–Crippen LogP) is 1.38. The van der Waals surface area contributed by atoms with Crippen LogP contribution in [-0.4, -0.2) is 19.3 Å². The van der Waals surface area contributed by atoms with Gasteiger partial charge < -0.3 is 9.47 Å². The molecule has 1 aromatic rings. The van der Waals surface area contributed by atoms with E-state index in [1.165, 1.54) is 0 Å². The van der Waals surface area contributed by atoms with Crippen LogP contribution in [0, 0.1) is 0 Å². The minimum Gasteiger partial charge on any atom is -0.490 e. The first-order valence-corrected chi connectivity index (χ1v) is 4.88. The smallest absolute Gasteiger partial charge is 0.196 e. The van der Waals surface area contributed by atoms with Crippen molar-refractivity contribution in [2.24, 2.45) is 0 Å². The fourth-order valence-corrected chi connectivity index (χ4v) is 1.38. The molecule has 1 aliphatic rings. The third-order valence-electron chi connectivity index (χ3n) is 1.79. The zero-order valence-corrected chi connectivity index (χ0v) is 7.87. The van der Waals surface area contributed by atoms with Crippen LogP contribution in [-0.2, 0) is 9.30 Å². The van der Waals surface area contributed by atoms with Crippen LogP contribution in [0.4, 0.5) is 0 Å². The molecule has 13 heavy (non-hydrogen) atoms. The molecular weight excluding hydrogens is 187 g/mol. The lowest BCUT2D eigenvalue weighted by atomic mass is 10.3. The van der Waals surface area contributed by atoms with Crippen LogP contribution in [0.25, 0.3) is 0 Å². The highest BCUT2D eigenvalue weighted by Crippen LogP contribution is 2.15. The molecule has 0 spiro atoms. The third-order valence-corrected chi connectivity index (χ3v) is 2.36. The standard InChI is InChI=1S/C9H9O3P/c10-13-9-4-2-1-3-8(9)12-6-7-5-11-7/h1-4,7H,5-6H2. The Labute approximate surface area is 77.9 Å². The SMILES string of the molecule is O=Pc1ccccc1OCC1CO1. The normalized spacial score (nSPS) is 20.2. The van der Waals surface area contributed by atoms with E-state index in [1.54, 1.807) is 6.07 Å². The summed E-state index contributed by atoms with van der Waals surface area (Å²) in [5.74, 6) is 0.676. The van der Waals surface area contributed by atoms with E-state index >= 15 is 0 Å². The van der Waals surface area contributed by atoms with Crippen molar-refractivity contribution in [1.82, 2.24) is 0 Å². The van der Waals surface area contributed by atoms with Crippen LogP contribution in [0.3, 0.4) is 0 Å². The molecule has 0 radical (unpaired) electrons. The highest BCUT2D eigenvalue weighted by atomic mass is 31.1. The van der Waals surface area contributed by atoms with Crippen molar-refractivity contribution in [3.63, 3.8) is 0 Å². The number of hydrogen-bond donors (Lipinski definition) is 0. The number of ether oxygens (including phenoxy) is 2. The monoisotopic (exact) mass is 196 g/mol. The second-order valence-electron chi connectivity index (χ2n) is 2.83. The second kappa shape index (κ2) is 3.86. The van der Waals surface area contributed by atoms with E-state index < -0.39 is 0 Å². The van der Waals surface area contributed by atoms with Gasteiger partial charge in [-0.25, -0.2) is 0 Å². The van der Waals surface area contributed by atoms with Crippen molar-refractivity contribution < 1.29 is 14.0 Å². The largest absolute Gasteiger partial charge is 0.490 e. The van der Waals surface area contributed by atoms with Gasteiger partial charge in [0.2, 0.25) is 0 Å². The summed E-state index contributed by atoms with van der Waals surface area (Å²) in [6, 6.07) is 7.28. The van der Waals surface area contributed by atoms with Gasteiger partial charge in [0.1, 0.15) is 18.5 Å². The quantitative estimate of drug-likeness (QED) is 0.539. The van der Waals surface area contributed by atoms with Crippen LogP contribution < -0.4 is 10.0 Å². The van der Waals surface area contributed by atoms with E-state index in [0.717, 1.165) is 6.61 Å². The van der Waals surface area contributed by atoms with Crippen molar-refractivity contribution in [2.75, 3.05) is 13.2 Å². The molecule has 1 aliphatic heterocycles. The van der Waals surface area contributed by atoms with E-state index in [0.29, 0.717) is 17.7 Å². The van der Waals surface area contributed by atoms with Crippen LogP contribution in [0.2, 0.25) is 0 Å². The van der Waals surface area contributed by atoms with E-state index in [2.05, 4.69) is 0 Å². The summed E-state index contributed by atoms with van der Waals surface area (Å²) in [5.41, 5.74) is 0. The molecular formula is C9H9O3P. The molecule has 3 nitrogen and oxygen atoms in total. The average Bonchev–Trinajstić information content (AvgIpc) is 2.99. The van der Waals surface area contributed by atoms with Gasteiger partial charge in [0.15, 0.2) is 8.46 Å². The summed E-state index contributed by atoms with van der Waals surface area (Å²) in [6.45, 7) is 1.32. The van der Waals surface area contributed by atoms with E-state index in [9.17, 15) is 4.57 Å². The molecule has 68 valence electrons. The lowest BCUT2D eigenvalue weighted by Crippen LogP contribution is -2.08. The Bertz CT molecular complexity index is 309. The maximum Gasteiger partial charge on any atom is 0.196 e. The minimum atomic E-state index is -0.00573. The van der Waals surface area contributed by atoms with Gasteiger partial charge >= 0.3 is 0 Å². The summed E-state index contributed by atoms with van der Waals surface area (Å²) in [6.07, 6.45) is 0.233. The predicted molar refractivity (Wildman–Crippen MR) is 48.9 cm³/mol. The molecule has 0 bridgehead atoms. The van der Waals surface area contributed by atoms with Gasteiger partial charge in [0, 0.05) is 0 Å². The zero-order chi connectivity index (χ0) is 9.10. The van der Waals surface area contributed by atoms with Crippen molar-refractivity contribution in [3.8, 4) is 5.75 Å². The lowest BCUT2D eigenvalue weighted by Gasteiger charge is -2.04. The van der Waals surface area contributed by atoms with E-state index in [4.69, 9.17) is 9.47 Å². The van der Waals surface area contributed by atoms with Gasteiger partial charge in [-0.2, -0.15) is 0 Å². The second-order valence-corrected chi connectivity index (χ2v) is 3.49. The Balaban J connectivity index is 2.03. The van der Waals surface area contributed by atoms with E-state index in [1.807, 2.05) is 18.2 Å². The van der Waals surface area contributed by atoms with Gasteiger partial charge in [-0.05, 0) is 12.1 Å². The molecule has 0 amide bonds. The molecule has 1 heterocycles. The van der Waals surface area contributed by atoms with Gasteiger partial charge in [-0.15, -0.1) is 0 Å². The van der Waals surface area contributed by atoms with Crippen molar-refractivity contribution in [3.05, 3.63) is 24.3 Å². The zero-order valence-electron chi connectivity index (χ0n) is 6.97. The van der Waals surface area contributed by atoms with Crippen molar-refractivity contribution in [2.45, 2.75) is 6.10 Å². The molecule has 0 N–H and O–H groups in total. The van der Waals surface area contributed by atoms with Crippen LogP contribution in [0.15, 0.2) is 24.3 Å². The van der Waals surface area contributed by atoms with Crippen molar-refractivity contribution >= 4 is 13.8 Å². The number of benzene rings is 1. The maximum absolute atomic E-state index is 10.7. The van der Waals surface area contributed by atoms with Crippen LogP contribution in [0.1, 0.15) is 0 Å². The number of rotatable bonds is 4.